The summed E-state index contributed by atoms with van der Waals surface area (Å²) >= 11 is 0. The maximum atomic E-state index is 10.7. The van der Waals surface area contributed by atoms with Crippen LogP contribution >= 0.6 is 0 Å². The number of nitrogens with one attached hydrogen (secondary N) is 1. The van der Waals surface area contributed by atoms with Gasteiger partial charge in [-0.2, -0.15) is 0 Å². The van der Waals surface area contributed by atoms with Gasteiger partial charge in [0.25, 0.3) is 0 Å². The van der Waals surface area contributed by atoms with Crippen LogP contribution in [0, 0.1) is 5.92 Å². The molecule has 0 aliphatic carbocycles. The summed E-state index contributed by atoms with van der Waals surface area (Å²) in [6, 6.07) is -0.431. The Morgan fingerprint density at radius 2 is 2.00 bits per heavy atom. The van der Waals surface area contributed by atoms with Gasteiger partial charge in [-0.3, -0.25) is 4.79 Å². The quantitative estimate of drug-likeness (QED) is 0.627. The summed E-state index contributed by atoms with van der Waals surface area (Å²) < 4.78 is 0. The van der Waals surface area contributed by atoms with Crippen molar-refractivity contribution >= 4 is 5.97 Å². The van der Waals surface area contributed by atoms with E-state index in [0.29, 0.717) is 6.54 Å². The highest BCUT2D eigenvalue weighted by Gasteiger charge is 2.19. The van der Waals surface area contributed by atoms with Gasteiger partial charge in [-0.25, -0.2) is 0 Å². The highest BCUT2D eigenvalue weighted by atomic mass is 16.4. The topological polar surface area (TPSA) is 52.6 Å². The number of carboxylic acids is 1. The van der Waals surface area contributed by atoms with E-state index in [2.05, 4.69) is 5.32 Å². The number of rotatable bonds is 6. The van der Waals surface area contributed by atoms with Crippen molar-refractivity contribution < 1.29 is 9.90 Å². The molecule has 0 spiro atoms. The van der Waals surface area contributed by atoms with Gasteiger partial charge in [-0.15, -0.1) is 0 Å². The van der Waals surface area contributed by atoms with Crippen LogP contribution < -0.4 is 5.32 Å². The number of carboxylic acid groups (broad SMARTS) is 1. The van der Waals surface area contributed by atoms with E-state index < -0.39 is 12.0 Å². The third-order valence-electron chi connectivity index (χ3n) is 1.86. The fraction of sp³-hybridized carbons (Fsp3) is 0.889. The Morgan fingerprint density at radius 1 is 1.46 bits per heavy atom. The second-order valence-corrected chi connectivity index (χ2v) is 3.82. The number of likely N-dealkylation sites (N-methyl/N-ethyl adjacent to an activating group) is 1. The van der Waals surface area contributed by atoms with Crippen molar-refractivity contribution in [1.29, 1.82) is 0 Å². The largest absolute Gasteiger partial charge is 0.480 e. The SMILES string of the molecule is CC(C)C(NCCN(C)C)C(=O)O. The molecule has 0 aromatic rings. The molecule has 0 rings (SSSR count). The molecule has 0 heterocycles. The maximum absolute atomic E-state index is 10.7. The third kappa shape index (κ3) is 5.60. The molecule has 0 aromatic heterocycles. The molecule has 0 amide bonds. The molecule has 0 aromatic carbocycles. The zero-order valence-electron chi connectivity index (χ0n) is 8.87. The van der Waals surface area contributed by atoms with Crippen molar-refractivity contribution in [3.63, 3.8) is 0 Å². The smallest absolute Gasteiger partial charge is 0.320 e. The van der Waals surface area contributed by atoms with Gasteiger partial charge in [-0.1, -0.05) is 13.8 Å². The van der Waals surface area contributed by atoms with Crippen LogP contribution in [0.15, 0.2) is 0 Å². The molecule has 1 unspecified atom stereocenters. The van der Waals surface area contributed by atoms with Gasteiger partial charge < -0.3 is 15.3 Å². The van der Waals surface area contributed by atoms with Crippen LogP contribution in [0.3, 0.4) is 0 Å². The molecule has 0 bridgehead atoms. The van der Waals surface area contributed by atoms with E-state index in [1.54, 1.807) is 0 Å². The number of aliphatic carboxylic acids is 1. The van der Waals surface area contributed by atoms with Crippen molar-refractivity contribution in [1.82, 2.24) is 10.2 Å². The van der Waals surface area contributed by atoms with Crippen LogP contribution in [0.4, 0.5) is 0 Å². The first-order chi connectivity index (χ1) is 5.95. The van der Waals surface area contributed by atoms with Gasteiger partial charge in [0.1, 0.15) is 6.04 Å². The summed E-state index contributed by atoms with van der Waals surface area (Å²) in [7, 11) is 3.93. The number of nitrogens with zero attached hydrogens (tertiary/aromatic N) is 1. The number of carbonyl (C=O) groups is 1. The Bertz CT molecular complexity index is 158. The number of hydrogen-bond donors (Lipinski definition) is 2. The molecule has 0 saturated heterocycles. The Hall–Kier alpha value is -0.610. The maximum Gasteiger partial charge on any atom is 0.320 e. The van der Waals surface area contributed by atoms with Crippen molar-refractivity contribution in [2.45, 2.75) is 19.9 Å². The first-order valence-electron chi connectivity index (χ1n) is 4.56. The van der Waals surface area contributed by atoms with Gasteiger partial charge in [-0.05, 0) is 20.0 Å². The van der Waals surface area contributed by atoms with Gasteiger partial charge in [0.15, 0.2) is 0 Å². The Labute approximate surface area is 79.9 Å². The summed E-state index contributed by atoms with van der Waals surface area (Å²) in [4.78, 5) is 12.8. The summed E-state index contributed by atoms with van der Waals surface area (Å²) in [5.74, 6) is -0.645. The predicted octanol–water partition coefficient (Wildman–Crippen LogP) is 0.247. The minimum atomic E-state index is -0.770. The molecular weight excluding hydrogens is 168 g/mol. The molecule has 0 radical (unpaired) electrons. The van der Waals surface area contributed by atoms with Gasteiger partial charge in [0, 0.05) is 13.1 Å². The van der Waals surface area contributed by atoms with E-state index in [1.807, 2.05) is 32.8 Å². The van der Waals surface area contributed by atoms with Crippen LogP contribution in [0.2, 0.25) is 0 Å². The number of hydrogen-bond acceptors (Lipinski definition) is 3. The van der Waals surface area contributed by atoms with Crippen molar-refractivity contribution in [3.05, 3.63) is 0 Å². The van der Waals surface area contributed by atoms with E-state index >= 15 is 0 Å². The van der Waals surface area contributed by atoms with Gasteiger partial charge in [0.05, 0.1) is 0 Å². The summed E-state index contributed by atoms with van der Waals surface area (Å²) in [6.07, 6.45) is 0. The van der Waals surface area contributed by atoms with E-state index in [0.717, 1.165) is 6.54 Å². The molecule has 78 valence electrons. The van der Waals surface area contributed by atoms with Crippen LogP contribution in [-0.4, -0.2) is 49.2 Å². The highest BCUT2D eigenvalue weighted by Crippen LogP contribution is 2.00. The molecule has 1 atom stereocenters. The molecular formula is C9H20N2O2. The second kappa shape index (κ2) is 5.94. The lowest BCUT2D eigenvalue weighted by Gasteiger charge is -2.19. The third-order valence-corrected chi connectivity index (χ3v) is 1.86. The predicted molar refractivity (Wildman–Crippen MR) is 52.8 cm³/mol. The lowest BCUT2D eigenvalue weighted by molar-refractivity contribution is -0.140. The minimum Gasteiger partial charge on any atom is -0.480 e. The fourth-order valence-electron chi connectivity index (χ4n) is 1.05. The summed E-state index contributed by atoms with van der Waals surface area (Å²) in [5.41, 5.74) is 0. The molecule has 0 aliphatic heterocycles. The highest BCUT2D eigenvalue weighted by molar-refractivity contribution is 5.73. The first kappa shape index (κ1) is 12.4. The van der Waals surface area contributed by atoms with Crippen LogP contribution in [-0.2, 0) is 4.79 Å². The zero-order chi connectivity index (χ0) is 10.4. The van der Waals surface area contributed by atoms with Gasteiger partial charge in [0.2, 0.25) is 0 Å². The van der Waals surface area contributed by atoms with E-state index in [9.17, 15) is 4.79 Å². The van der Waals surface area contributed by atoms with Gasteiger partial charge >= 0.3 is 5.97 Å². The fourth-order valence-corrected chi connectivity index (χ4v) is 1.05. The molecule has 0 saturated carbocycles. The van der Waals surface area contributed by atoms with Crippen molar-refractivity contribution in [2.24, 2.45) is 5.92 Å². The lowest BCUT2D eigenvalue weighted by atomic mass is 10.1. The molecule has 0 fully saturated rings. The monoisotopic (exact) mass is 188 g/mol. The van der Waals surface area contributed by atoms with Crippen LogP contribution in [0.5, 0.6) is 0 Å². The molecule has 4 nitrogen and oxygen atoms in total. The van der Waals surface area contributed by atoms with Crippen molar-refractivity contribution in [2.75, 3.05) is 27.2 Å². The second-order valence-electron chi connectivity index (χ2n) is 3.82. The summed E-state index contributed by atoms with van der Waals surface area (Å²) in [5, 5.41) is 11.8. The standard InChI is InChI=1S/C9H20N2O2/c1-7(2)8(9(12)13)10-5-6-11(3)4/h7-8,10H,5-6H2,1-4H3,(H,12,13). The molecule has 0 aliphatic rings. The average molecular weight is 188 g/mol. The average Bonchev–Trinajstić information content (AvgIpc) is 1.95. The van der Waals surface area contributed by atoms with Crippen LogP contribution in [0.25, 0.3) is 0 Å². The minimum absolute atomic E-state index is 0.125. The van der Waals surface area contributed by atoms with E-state index in [1.165, 1.54) is 0 Å². The van der Waals surface area contributed by atoms with E-state index in [-0.39, 0.29) is 5.92 Å². The normalized spacial score (nSPS) is 13.7. The Kier molecular flexibility index (Phi) is 5.66. The molecule has 2 N–H and O–H groups in total. The van der Waals surface area contributed by atoms with E-state index in [4.69, 9.17) is 5.11 Å². The summed E-state index contributed by atoms with van der Waals surface area (Å²) in [6.45, 7) is 5.38. The van der Waals surface area contributed by atoms with Crippen LogP contribution in [0.1, 0.15) is 13.8 Å². The Balaban J connectivity index is 3.77. The first-order valence-corrected chi connectivity index (χ1v) is 4.56. The molecule has 13 heavy (non-hydrogen) atoms. The molecule has 4 heteroatoms. The lowest BCUT2D eigenvalue weighted by Crippen LogP contribution is -2.43. The zero-order valence-corrected chi connectivity index (χ0v) is 8.87. The van der Waals surface area contributed by atoms with Crippen molar-refractivity contribution in [3.8, 4) is 0 Å². The Morgan fingerprint density at radius 3 is 2.31 bits per heavy atom.